The van der Waals surface area contributed by atoms with Gasteiger partial charge in [0, 0.05) is 6.04 Å². The summed E-state index contributed by atoms with van der Waals surface area (Å²) in [6.07, 6.45) is 3.25. The zero-order chi connectivity index (χ0) is 7.28. The van der Waals surface area contributed by atoms with E-state index in [1.54, 1.807) is 0 Å². The minimum atomic E-state index is 0.611. The predicted molar refractivity (Wildman–Crippen MR) is 42.3 cm³/mol. The summed E-state index contributed by atoms with van der Waals surface area (Å²) < 4.78 is 0. The van der Waals surface area contributed by atoms with E-state index in [2.05, 4.69) is 39.2 Å². The first-order chi connectivity index (χ1) is 4.16. The minimum Gasteiger partial charge on any atom is -0.389 e. The molecule has 0 saturated carbocycles. The highest BCUT2D eigenvalue weighted by atomic mass is 14.9. The van der Waals surface area contributed by atoms with Gasteiger partial charge in [0.1, 0.15) is 0 Å². The lowest BCUT2D eigenvalue weighted by Gasteiger charge is -2.07. The summed E-state index contributed by atoms with van der Waals surface area (Å²) in [4.78, 5) is 0. The Labute approximate surface area is 58.2 Å². The highest BCUT2D eigenvalue weighted by Crippen LogP contribution is 1.90. The van der Waals surface area contributed by atoms with Crippen LogP contribution in [0.15, 0.2) is 11.8 Å². The molecule has 1 unspecified atom stereocenters. The summed E-state index contributed by atoms with van der Waals surface area (Å²) in [7, 11) is 0. The minimum absolute atomic E-state index is 0.611. The van der Waals surface area contributed by atoms with E-state index in [4.69, 9.17) is 0 Å². The van der Waals surface area contributed by atoms with Crippen LogP contribution >= 0.6 is 0 Å². The molecular weight excluding hydrogens is 110 g/mol. The largest absolute Gasteiger partial charge is 0.389 e. The molecule has 54 valence electrons. The molecular formula is C8H17N. The van der Waals surface area contributed by atoms with E-state index >= 15 is 0 Å². The van der Waals surface area contributed by atoms with Gasteiger partial charge in [-0.25, -0.2) is 0 Å². The summed E-state index contributed by atoms with van der Waals surface area (Å²) in [6.45, 7) is 8.54. The Morgan fingerprint density at radius 1 is 1.56 bits per heavy atom. The fourth-order valence-corrected chi connectivity index (χ4v) is 0.427. The van der Waals surface area contributed by atoms with Crippen LogP contribution in [-0.2, 0) is 0 Å². The third-order valence-corrected chi connectivity index (χ3v) is 1.27. The molecule has 0 aromatic carbocycles. The van der Waals surface area contributed by atoms with Crippen LogP contribution in [-0.4, -0.2) is 6.04 Å². The number of rotatable bonds is 3. The van der Waals surface area contributed by atoms with E-state index in [9.17, 15) is 0 Å². The van der Waals surface area contributed by atoms with Crippen LogP contribution in [0.5, 0.6) is 0 Å². The molecule has 0 aliphatic heterocycles. The van der Waals surface area contributed by atoms with Crippen molar-refractivity contribution < 1.29 is 0 Å². The highest BCUT2D eigenvalue weighted by molar-refractivity contribution is 4.91. The van der Waals surface area contributed by atoms with Gasteiger partial charge >= 0.3 is 0 Å². The van der Waals surface area contributed by atoms with Gasteiger partial charge in [-0.2, -0.15) is 0 Å². The molecule has 1 N–H and O–H groups in total. The summed E-state index contributed by atoms with van der Waals surface area (Å²) >= 11 is 0. The molecule has 0 saturated heterocycles. The van der Waals surface area contributed by atoms with Gasteiger partial charge in [0.15, 0.2) is 0 Å². The zero-order valence-electron chi connectivity index (χ0n) is 6.86. The van der Waals surface area contributed by atoms with Crippen LogP contribution in [0.1, 0.15) is 34.1 Å². The lowest BCUT2D eigenvalue weighted by atomic mass is 10.2. The van der Waals surface area contributed by atoms with E-state index in [-0.39, 0.29) is 0 Å². The molecule has 0 aromatic heterocycles. The smallest absolute Gasteiger partial charge is 0.0224 e. The lowest BCUT2D eigenvalue weighted by Crippen LogP contribution is -2.18. The van der Waals surface area contributed by atoms with Crippen LogP contribution in [0.2, 0.25) is 0 Å². The molecule has 1 heteroatoms. The van der Waals surface area contributed by atoms with Crippen LogP contribution in [0.3, 0.4) is 0 Å². The first kappa shape index (κ1) is 8.54. The molecule has 1 atom stereocenters. The van der Waals surface area contributed by atoms with Crippen LogP contribution in [0.4, 0.5) is 0 Å². The summed E-state index contributed by atoms with van der Waals surface area (Å²) in [5.41, 5.74) is 1.33. The maximum atomic E-state index is 3.27. The topological polar surface area (TPSA) is 12.0 Å². The van der Waals surface area contributed by atoms with Crippen molar-refractivity contribution in [2.24, 2.45) is 0 Å². The normalized spacial score (nSPS) is 12.4. The van der Waals surface area contributed by atoms with Gasteiger partial charge in [-0.15, -0.1) is 0 Å². The maximum absolute atomic E-state index is 3.27. The van der Waals surface area contributed by atoms with Crippen molar-refractivity contribution in [2.75, 3.05) is 0 Å². The Morgan fingerprint density at radius 2 is 2.11 bits per heavy atom. The number of hydrogen-bond donors (Lipinski definition) is 1. The van der Waals surface area contributed by atoms with Gasteiger partial charge in [-0.1, -0.05) is 12.5 Å². The molecule has 0 spiro atoms. The van der Waals surface area contributed by atoms with Crippen molar-refractivity contribution in [1.29, 1.82) is 0 Å². The third kappa shape index (κ3) is 5.41. The van der Waals surface area contributed by atoms with Gasteiger partial charge in [0.05, 0.1) is 0 Å². The lowest BCUT2D eigenvalue weighted by molar-refractivity contribution is 0.616. The molecule has 1 nitrogen and oxygen atoms in total. The fourth-order valence-electron chi connectivity index (χ4n) is 0.427. The molecule has 0 rings (SSSR count). The van der Waals surface area contributed by atoms with Gasteiger partial charge in [-0.05, 0) is 33.4 Å². The molecule has 0 aromatic rings. The predicted octanol–water partition coefficient (Wildman–Crippen LogP) is 2.30. The van der Waals surface area contributed by atoms with Crippen LogP contribution in [0.25, 0.3) is 0 Å². The van der Waals surface area contributed by atoms with Gasteiger partial charge in [-0.3, -0.25) is 0 Å². The van der Waals surface area contributed by atoms with Crippen LogP contribution in [0, 0.1) is 0 Å². The van der Waals surface area contributed by atoms with Gasteiger partial charge < -0.3 is 5.32 Å². The van der Waals surface area contributed by atoms with E-state index in [1.807, 2.05) is 0 Å². The average Bonchev–Trinajstić information content (AvgIpc) is 1.83. The molecule has 0 amide bonds. The zero-order valence-corrected chi connectivity index (χ0v) is 6.86. The quantitative estimate of drug-likeness (QED) is 0.613. The van der Waals surface area contributed by atoms with Crippen molar-refractivity contribution in [3.63, 3.8) is 0 Å². The first-order valence-corrected chi connectivity index (χ1v) is 3.56. The maximum Gasteiger partial charge on any atom is 0.0224 e. The Hall–Kier alpha value is -0.460. The van der Waals surface area contributed by atoms with Crippen LogP contribution < -0.4 is 5.32 Å². The highest BCUT2D eigenvalue weighted by Gasteiger charge is 1.90. The second kappa shape index (κ2) is 4.42. The first-order valence-electron chi connectivity index (χ1n) is 3.56. The number of nitrogens with one attached hydrogen (secondary N) is 1. The van der Waals surface area contributed by atoms with Crippen molar-refractivity contribution in [3.05, 3.63) is 11.8 Å². The van der Waals surface area contributed by atoms with Crippen molar-refractivity contribution >= 4 is 0 Å². The molecule has 9 heavy (non-hydrogen) atoms. The van der Waals surface area contributed by atoms with Crippen molar-refractivity contribution in [2.45, 2.75) is 40.2 Å². The number of hydrogen-bond acceptors (Lipinski definition) is 1. The van der Waals surface area contributed by atoms with E-state index in [0.29, 0.717) is 6.04 Å². The molecule has 0 heterocycles. The SMILES string of the molecule is CCC(C)NC=C(C)C. The van der Waals surface area contributed by atoms with Gasteiger partial charge in [0.25, 0.3) is 0 Å². The van der Waals surface area contributed by atoms with Crippen molar-refractivity contribution in [1.82, 2.24) is 5.32 Å². The fraction of sp³-hybridized carbons (Fsp3) is 0.750. The monoisotopic (exact) mass is 127 g/mol. The summed E-state index contributed by atoms with van der Waals surface area (Å²) in [5.74, 6) is 0. The Kier molecular flexibility index (Phi) is 4.20. The van der Waals surface area contributed by atoms with Gasteiger partial charge in [0.2, 0.25) is 0 Å². The number of allylic oxidation sites excluding steroid dienone is 1. The third-order valence-electron chi connectivity index (χ3n) is 1.27. The second-order valence-electron chi connectivity index (χ2n) is 2.70. The molecule has 0 aliphatic rings. The molecule has 0 fully saturated rings. The van der Waals surface area contributed by atoms with E-state index < -0.39 is 0 Å². The molecule has 0 bridgehead atoms. The second-order valence-corrected chi connectivity index (χ2v) is 2.70. The standard InChI is InChI=1S/C8H17N/c1-5-8(4)9-6-7(2)3/h6,8-9H,5H2,1-4H3. The van der Waals surface area contributed by atoms with Crippen molar-refractivity contribution in [3.8, 4) is 0 Å². The Morgan fingerprint density at radius 3 is 2.44 bits per heavy atom. The molecule has 0 radical (unpaired) electrons. The molecule has 0 aliphatic carbocycles. The Balaban J connectivity index is 3.37. The summed E-state index contributed by atoms with van der Waals surface area (Å²) in [6, 6.07) is 0.611. The average molecular weight is 127 g/mol. The Bertz CT molecular complexity index is 90.7. The van der Waals surface area contributed by atoms with E-state index in [1.165, 1.54) is 12.0 Å². The van der Waals surface area contributed by atoms with E-state index in [0.717, 1.165) is 0 Å². The summed E-state index contributed by atoms with van der Waals surface area (Å²) in [5, 5.41) is 3.27.